The number of amides is 1. The van der Waals surface area contributed by atoms with Gasteiger partial charge in [-0.3, -0.25) is 4.79 Å². The monoisotopic (exact) mass is 267 g/mol. The number of piperidine rings is 1. The number of rotatable bonds is 4. The lowest BCUT2D eigenvalue weighted by atomic mass is 9.91. The molecule has 1 rings (SSSR count). The molecule has 3 heteroatoms. The van der Waals surface area contributed by atoms with Crippen molar-refractivity contribution >= 4 is 5.91 Å². The van der Waals surface area contributed by atoms with Crippen molar-refractivity contribution in [3.63, 3.8) is 0 Å². The van der Waals surface area contributed by atoms with Crippen LogP contribution >= 0.6 is 0 Å². The number of nitrogens with zero attached hydrogens (tertiary/aromatic N) is 1. The normalized spacial score (nSPS) is 18.7. The molecule has 1 amide bonds. The first-order valence-electron chi connectivity index (χ1n) is 7.26. The number of hydrogen-bond acceptors (Lipinski definition) is 1. The zero-order chi connectivity index (χ0) is 14.5. The predicted octanol–water partition coefficient (Wildman–Crippen LogP) is 4.03. The fourth-order valence-corrected chi connectivity index (χ4v) is 2.57. The van der Waals surface area contributed by atoms with Crippen molar-refractivity contribution in [3.05, 3.63) is 23.3 Å². The van der Waals surface area contributed by atoms with Crippen molar-refractivity contribution in [3.8, 4) is 0 Å². The molecular formula is C16H26FNO. The quantitative estimate of drug-likeness (QED) is 0.556. The van der Waals surface area contributed by atoms with Crippen molar-refractivity contribution in [1.82, 2.24) is 4.90 Å². The van der Waals surface area contributed by atoms with Crippen molar-refractivity contribution in [2.75, 3.05) is 13.1 Å². The van der Waals surface area contributed by atoms with Gasteiger partial charge in [0.15, 0.2) is 0 Å². The Balaban J connectivity index is 3.10. The minimum absolute atomic E-state index is 0.0148. The zero-order valence-corrected chi connectivity index (χ0v) is 12.6. The van der Waals surface area contributed by atoms with Crippen LogP contribution in [-0.4, -0.2) is 29.6 Å². The van der Waals surface area contributed by atoms with Gasteiger partial charge in [0, 0.05) is 18.7 Å². The molecule has 0 unspecified atom stereocenters. The summed E-state index contributed by atoms with van der Waals surface area (Å²) in [6, 6.07) is 0. The minimum atomic E-state index is -1.48. The van der Waals surface area contributed by atoms with E-state index in [2.05, 4.69) is 0 Å². The highest BCUT2D eigenvalue weighted by Gasteiger charge is 2.28. The highest BCUT2D eigenvalue weighted by atomic mass is 19.1. The number of likely N-dealkylation sites (tertiary alicyclic amines) is 1. The van der Waals surface area contributed by atoms with Gasteiger partial charge >= 0.3 is 0 Å². The van der Waals surface area contributed by atoms with E-state index in [0.29, 0.717) is 17.6 Å². The largest absolute Gasteiger partial charge is 0.339 e. The van der Waals surface area contributed by atoms with E-state index in [1.54, 1.807) is 12.2 Å². The number of hydrogen-bond donors (Lipinski definition) is 0. The van der Waals surface area contributed by atoms with Gasteiger partial charge in [0.25, 0.3) is 0 Å². The Morgan fingerprint density at radius 1 is 1.26 bits per heavy atom. The third-order valence-electron chi connectivity index (χ3n) is 3.55. The molecule has 0 spiro atoms. The van der Waals surface area contributed by atoms with Gasteiger partial charge in [-0.05, 0) is 52.0 Å². The van der Waals surface area contributed by atoms with E-state index in [-0.39, 0.29) is 5.91 Å². The third-order valence-corrected chi connectivity index (χ3v) is 3.55. The molecular weight excluding hydrogens is 241 g/mol. The van der Waals surface area contributed by atoms with Gasteiger partial charge in [-0.1, -0.05) is 19.1 Å². The van der Waals surface area contributed by atoms with E-state index in [1.165, 1.54) is 20.3 Å². The van der Waals surface area contributed by atoms with Crippen LogP contribution in [0.5, 0.6) is 0 Å². The van der Waals surface area contributed by atoms with Gasteiger partial charge in [0.1, 0.15) is 5.67 Å². The lowest BCUT2D eigenvalue weighted by molar-refractivity contribution is -0.128. The summed E-state index contributed by atoms with van der Waals surface area (Å²) in [5, 5.41) is 0. The third kappa shape index (κ3) is 4.19. The lowest BCUT2D eigenvalue weighted by Gasteiger charge is -2.29. The number of carbonyl (C=O) groups excluding carboxylic acids is 1. The average molecular weight is 267 g/mol. The SMILES string of the molecule is C/C=C\C(=C(/CC)C(=O)N1CCCCC1)C(C)(C)F. The summed E-state index contributed by atoms with van der Waals surface area (Å²) < 4.78 is 14.3. The molecule has 1 heterocycles. The van der Waals surface area contributed by atoms with E-state index in [0.717, 1.165) is 25.9 Å². The second-order valence-corrected chi connectivity index (χ2v) is 5.57. The summed E-state index contributed by atoms with van der Waals surface area (Å²) in [5.41, 5.74) is -0.343. The lowest BCUT2D eigenvalue weighted by Crippen LogP contribution is -2.37. The maximum Gasteiger partial charge on any atom is 0.250 e. The van der Waals surface area contributed by atoms with Crippen LogP contribution in [-0.2, 0) is 4.79 Å². The topological polar surface area (TPSA) is 20.3 Å². The average Bonchev–Trinajstić information content (AvgIpc) is 2.38. The molecule has 1 aliphatic rings. The van der Waals surface area contributed by atoms with Crippen LogP contribution in [0.25, 0.3) is 0 Å². The van der Waals surface area contributed by atoms with E-state index >= 15 is 0 Å². The Morgan fingerprint density at radius 3 is 2.26 bits per heavy atom. The summed E-state index contributed by atoms with van der Waals surface area (Å²) in [6.07, 6.45) is 7.41. The molecule has 2 nitrogen and oxygen atoms in total. The Bertz CT molecular complexity index is 371. The molecule has 0 atom stereocenters. The molecule has 0 aliphatic carbocycles. The second kappa shape index (κ2) is 6.88. The molecule has 0 aromatic carbocycles. The number of carbonyl (C=O) groups is 1. The van der Waals surface area contributed by atoms with Crippen molar-refractivity contribution in [2.45, 2.75) is 59.0 Å². The summed E-state index contributed by atoms with van der Waals surface area (Å²) in [6.45, 7) is 8.41. The highest BCUT2D eigenvalue weighted by Crippen LogP contribution is 2.28. The van der Waals surface area contributed by atoms with Gasteiger partial charge in [0.2, 0.25) is 5.91 Å². The summed E-state index contributed by atoms with van der Waals surface area (Å²) >= 11 is 0. The number of halogens is 1. The predicted molar refractivity (Wildman–Crippen MR) is 77.7 cm³/mol. The number of alkyl halides is 1. The van der Waals surface area contributed by atoms with E-state index < -0.39 is 5.67 Å². The minimum Gasteiger partial charge on any atom is -0.339 e. The van der Waals surface area contributed by atoms with Crippen molar-refractivity contribution in [1.29, 1.82) is 0 Å². The molecule has 19 heavy (non-hydrogen) atoms. The fraction of sp³-hybridized carbons (Fsp3) is 0.688. The second-order valence-electron chi connectivity index (χ2n) is 5.57. The summed E-state index contributed by atoms with van der Waals surface area (Å²) in [5.74, 6) is 0.0148. The van der Waals surface area contributed by atoms with Gasteiger partial charge < -0.3 is 4.90 Å². The molecule has 108 valence electrons. The Morgan fingerprint density at radius 2 is 1.84 bits per heavy atom. The molecule has 1 saturated heterocycles. The van der Waals surface area contributed by atoms with Crippen LogP contribution < -0.4 is 0 Å². The van der Waals surface area contributed by atoms with Gasteiger partial charge in [-0.2, -0.15) is 0 Å². The van der Waals surface area contributed by atoms with Crippen molar-refractivity contribution < 1.29 is 9.18 Å². The Labute approximate surface area is 116 Å². The first kappa shape index (κ1) is 15.9. The smallest absolute Gasteiger partial charge is 0.250 e. The highest BCUT2D eigenvalue weighted by molar-refractivity contribution is 5.95. The van der Waals surface area contributed by atoms with Gasteiger partial charge in [-0.25, -0.2) is 4.39 Å². The molecule has 0 bridgehead atoms. The molecule has 0 radical (unpaired) electrons. The standard InChI is InChI=1S/C16H26FNO/c1-5-10-14(16(3,4)17)13(6-2)15(19)18-11-8-7-9-12-18/h5,10H,6-9,11-12H2,1-4H3/b10-5-,14-13-. The first-order chi connectivity index (χ1) is 8.91. The van der Waals surface area contributed by atoms with Crippen LogP contribution in [0, 0.1) is 0 Å². The van der Waals surface area contributed by atoms with Crippen LogP contribution in [0.15, 0.2) is 23.3 Å². The first-order valence-corrected chi connectivity index (χ1v) is 7.26. The summed E-state index contributed by atoms with van der Waals surface area (Å²) in [4.78, 5) is 14.4. The van der Waals surface area contributed by atoms with Gasteiger partial charge in [0.05, 0.1) is 0 Å². The van der Waals surface area contributed by atoms with Crippen LogP contribution in [0.1, 0.15) is 53.4 Å². The molecule has 0 saturated carbocycles. The molecule has 0 N–H and O–H groups in total. The Hall–Kier alpha value is -1.12. The van der Waals surface area contributed by atoms with Crippen molar-refractivity contribution in [2.24, 2.45) is 0 Å². The van der Waals surface area contributed by atoms with Crippen LogP contribution in [0.2, 0.25) is 0 Å². The summed E-state index contributed by atoms with van der Waals surface area (Å²) in [7, 11) is 0. The van der Waals surface area contributed by atoms with E-state index in [9.17, 15) is 9.18 Å². The van der Waals surface area contributed by atoms with Crippen LogP contribution in [0.4, 0.5) is 4.39 Å². The van der Waals surface area contributed by atoms with E-state index in [1.807, 2.05) is 18.7 Å². The maximum absolute atomic E-state index is 14.3. The molecule has 1 aliphatic heterocycles. The maximum atomic E-state index is 14.3. The Kier molecular flexibility index (Phi) is 5.77. The zero-order valence-electron chi connectivity index (χ0n) is 12.6. The molecule has 1 fully saturated rings. The molecule has 0 aromatic rings. The van der Waals surface area contributed by atoms with E-state index in [4.69, 9.17) is 0 Å². The fourth-order valence-electron chi connectivity index (χ4n) is 2.57. The number of allylic oxidation sites excluding steroid dienone is 3. The molecule has 0 aromatic heterocycles. The van der Waals surface area contributed by atoms with Crippen LogP contribution in [0.3, 0.4) is 0 Å². The van der Waals surface area contributed by atoms with Gasteiger partial charge in [-0.15, -0.1) is 0 Å².